The standard InChI is InChI=1S/C25H26FNO4S/c1-16-6-11-19(12-7-16)32-27-24-18(10-13-20(28-2)23(24)26)9-8-17-14-21(29-3)25(31-5)22(15-17)30-4/h6-15,27H,1-5H3/b9-8-. The average Bonchev–Trinajstić information content (AvgIpc) is 2.82. The zero-order valence-electron chi connectivity index (χ0n) is 18.7. The smallest absolute Gasteiger partial charge is 0.203 e. The summed E-state index contributed by atoms with van der Waals surface area (Å²) in [6, 6.07) is 15.0. The third-order valence-corrected chi connectivity index (χ3v) is 5.61. The molecule has 3 aromatic carbocycles. The van der Waals surface area contributed by atoms with Gasteiger partial charge in [-0.15, -0.1) is 0 Å². The van der Waals surface area contributed by atoms with Crippen LogP contribution in [0.25, 0.3) is 12.2 Å². The number of hydrogen-bond donors (Lipinski definition) is 1. The highest BCUT2D eigenvalue weighted by molar-refractivity contribution is 8.00. The number of halogens is 1. The van der Waals surface area contributed by atoms with E-state index >= 15 is 4.39 Å². The van der Waals surface area contributed by atoms with Crippen molar-refractivity contribution in [2.45, 2.75) is 11.8 Å². The van der Waals surface area contributed by atoms with Gasteiger partial charge in [-0.3, -0.25) is 0 Å². The normalized spacial score (nSPS) is 10.8. The second kappa shape index (κ2) is 10.8. The van der Waals surface area contributed by atoms with E-state index in [2.05, 4.69) is 4.72 Å². The van der Waals surface area contributed by atoms with Crippen LogP contribution in [-0.2, 0) is 0 Å². The Hall–Kier alpha value is -3.32. The molecule has 5 nitrogen and oxygen atoms in total. The Kier molecular flexibility index (Phi) is 7.89. The highest BCUT2D eigenvalue weighted by atomic mass is 32.2. The van der Waals surface area contributed by atoms with Crippen molar-refractivity contribution in [2.75, 3.05) is 33.2 Å². The highest BCUT2D eigenvalue weighted by Crippen LogP contribution is 2.39. The zero-order chi connectivity index (χ0) is 23.1. The van der Waals surface area contributed by atoms with Crippen molar-refractivity contribution in [2.24, 2.45) is 0 Å². The van der Waals surface area contributed by atoms with E-state index < -0.39 is 5.82 Å². The molecule has 0 atom stereocenters. The predicted molar refractivity (Wildman–Crippen MR) is 129 cm³/mol. The number of rotatable bonds is 9. The van der Waals surface area contributed by atoms with Gasteiger partial charge in [-0.2, -0.15) is 0 Å². The molecule has 0 aromatic heterocycles. The first-order valence-electron chi connectivity index (χ1n) is 9.84. The second-order valence-electron chi connectivity index (χ2n) is 6.86. The average molecular weight is 456 g/mol. The van der Waals surface area contributed by atoms with Crippen LogP contribution >= 0.6 is 11.9 Å². The molecular weight excluding hydrogens is 429 g/mol. The molecule has 0 aliphatic heterocycles. The molecule has 0 heterocycles. The molecule has 0 radical (unpaired) electrons. The number of methoxy groups -OCH3 is 4. The summed E-state index contributed by atoms with van der Waals surface area (Å²) < 4.78 is 39.6. The maximum absolute atomic E-state index is 15.1. The Labute approximate surface area is 192 Å². The lowest BCUT2D eigenvalue weighted by atomic mass is 10.1. The van der Waals surface area contributed by atoms with E-state index in [1.54, 1.807) is 33.5 Å². The maximum Gasteiger partial charge on any atom is 0.203 e. The van der Waals surface area contributed by atoms with E-state index in [-0.39, 0.29) is 5.75 Å². The van der Waals surface area contributed by atoms with E-state index in [9.17, 15) is 0 Å². The largest absolute Gasteiger partial charge is 0.494 e. The summed E-state index contributed by atoms with van der Waals surface area (Å²) in [4.78, 5) is 0.970. The molecule has 168 valence electrons. The fraction of sp³-hybridized carbons (Fsp3) is 0.200. The third-order valence-electron chi connectivity index (χ3n) is 4.79. The van der Waals surface area contributed by atoms with E-state index in [4.69, 9.17) is 18.9 Å². The molecule has 7 heteroatoms. The quantitative estimate of drug-likeness (QED) is 0.295. The Morgan fingerprint density at radius 2 is 1.41 bits per heavy atom. The van der Waals surface area contributed by atoms with Gasteiger partial charge in [0.2, 0.25) is 5.75 Å². The van der Waals surface area contributed by atoms with Gasteiger partial charge in [0.1, 0.15) is 0 Å². The monoisotopic (exact) mass is 455 g/mol. The lowest BCUT2D eigenvalue weighted by Gasteiger charge is -2.14. The van der Waals surface area contributed by atoms with Gasteiger partial charge in [0.15, 0.2) is 23.1 Å². The van der Waals surface area contributed by atoms with Crippen molar-refractivity contribution in [1.29, 1.82) is 0 Å². The van der Waals surface area contributed by atoms with Crippen molar-refractivity contribution in [3.63, 3.8) is 0 Å². The van der Waals surface area contributed by atoms with Gasteiger partial charge < -0.3 is 23.7 Å². The molecule has 0 saturated heterocycles. The van der Waals surface area contributed by atoms with Crippen molar-refractivity contribution >= 4 is 29.8 Å². The predicted octanol–water partition coefficient (Wildman–Crippen LogP) is 6.46. The lowest BCUT2D eigenvalue weighted by Crippen LogP contribution is -1.98. The molecule has 3 aromatic rings. The van der Waals surface area contributed by atoms with Crippen LogP contribution in [0.4, 0.5) is 10.1 Å². The van der Waals surface area contributed by atoms with Gasteiger partial charge in [0.25, 0.3) is 0 Å². The number of anilines is 1. The minimum Gasteiger partial charge on any atom is -0.494 e. The van der Waals surface area contributed by atoms with Crippen LogP contribution in [0.3, 0.4) is 0 Å². The number of benzene rings is 3. The Morgan fingerprint density at radius 3 is 1.97 bits per heavy atom. The van der Waals surface area contributed by atoms with Gasteiger partial charge >= 0.3 is 0 Å². The molecule has 32 heavy (non-hydrogen) atoms. The van der Waals surface area contributed by atoms with E-state index in [0.717, 1.165) is 16.0 Å². The molecule has 0 bridgehead atoms. The van der Waals surface area contributed by atoms with Crippen molar-refractivity contribution in [1.82, 2.24) is 0 Å². The fourth-order valence-electron chi connectivity index (χ4n) is 3.07. The van der Waals surface area contributed by atoms with Crippen LogP contribution in [0.15, 0.2) is 53.4 Å². The fourth-order valence-corrected chi connectivity index (χ4v) is 3.77. The third kappa shape index (κ3) is 5.29. The van der Waals surface area contributed by atoms with Crippen LogP contribution in [0.5, 0.6) is 23.0 Å². The molecule has 1 N–H and O–H groups in total. The molecule has 0 aliphatic carbocycles. The van der Waals surface area contributed by atoms with Crippen molar-refractivity contribution < 1.29 is 23.3 Å². The molecule has 0 saturated carbocycles. The van der Waals surface area contributed by atoms with Gasteiger partial charge in [-0.05, 0) is 60.8 Å². The Bertz CT molecular complexity index is 1070. The summed E-state index contributed by atoms with van der Waals surface area (Å²) in [5, 5.41) is 0. The number of nitrogens with one attached hydrogen (secondary N) is 1. The minimum absolute atomic E-state index is 0.168. The molecule has 0 spiro atoms. The highest BCUT2D eigenvalue weighted by Gasteiger charge is 2.15. The lowest BCUT2D eigenvalue weighted by molar-refractivity contribution is 0.324. The number of hydrogen-bond acceptors (Lipinski definition) is 6. The Morgan fingerprint density at radius 1 is 0.781 bits per heavy atom. The zero-order valence-corrected chi connectivity index (χ0v) is 19.5. The van der Waals surface area contributed by atoms with E-state index in [1.807, 2.05) is 55.5 Å². The summed E-state index contributed by atoms with van der Waals surface area (Å²) in [6.07, 6.45) is 3.68. The van der Waals surface area contributed by atoms with Gasteiger partial charge in [-0.25, -0.2) is 4.39 Å². The molecule has 0 aliphatic rings. The van der Waals surface area contributed by atoms with Crippen molar-refractivity contribution in [3.8, 4) is 23.0 Å². The maximum atomic E-state index is 15.1. The van der Waals surface area contributed by atoms with Crippen LogP contribution < -0.4 is 23.7 Å². The first kappa shape index (κ1) is 23.3. The number of aryl methyl sites for hydroxylation is 1. The summed E-state index contributed by atoms with van der Waals surface area (Å²) in [6.45, 7) is 2.02. The molecular formula is C25H26FNO4S. The molecule has 0 amide bonds. The molecule has 3 rings (SSSR count). The molecule has 0 fully saturated rings. The summed E-state index contributed by atoms with van der Waals surface area (Å²) >= 11 is 1.33. The minimum atomic E-state index is -0.459. The first-order valence-corrected chi connectivity index (χ1v) is 10.7. The van der Waals surface area contributed by atoms with Crippen LogP contribution in [-0.4, -0.2) is 28.4 Å². The number of ether oxygens (including phenoxy) is 4. The van der Waals surface area contributed by atoms with Crippen molar-refractivity contribution in [3.05, 3.63) is 71.0 Å². The van der Waals surface area contributed by atoms with E-state index in [1.165, 1.54) is 19.1 Å². The van der Waals surface area contributed by atoms with Gasteiger partial charge in [0.05, 0.1) is 34.1 Å². The Balaban J connectivity index is 1.94. The van der Waals surface area contributed by atoms with Gasteiger partial charge in [-0.1, -0.05) is 29.8 Å². The van der Waals surface area contributed by atoms with Crippen LogP contribution in [0.1, 0.15) is 16.7 Å². The second-order valence-corrected chi connectivity index (χ2v) is 7.73. The van der Waals surface area contributed by atoms with Crippen LogP contribution in [0.2, 0.25) is 0 Å². The summed E-state index contributed by atoms with van der Waals surface area (Å²) in [5.41, 5.74) is 2.97. The SMILES string of the molecule is COc1ccc(/C=C\c2cc(OC)c(OC)c(OC)c2)c(NSc2ccc(C)cc2)c1F. The summed E-state index contributed by atoms with van der Waals surface area (Å²) in [5.74, 6) is 1.31. The first-order chi connectivity index (χ1) is 15.5. The van der Waals surface area contributed by atoms with Gasteiger partial charge in [0, 0.05) is 10.5 Å². The van der Waals surface area contributed by atoms with E-state index in [0.29, 0.717) is 28.5 Å². The van der Waals surface area contributed by atoms with Crippen LogP contribution in [0, 0.1) is 12.7 Å². The topological polar surface area (TPSA) is 49.0 Å². The molecule has 0 unspecified atom stereocenters. The summed E-state index contributed by atoms with van der Waals surface area (Å²) in [7, 11) is 6.13.